The van der Waals surface area contributed by atoms with Crippen molar-refractivity contribution in [1.82, 2.24) is 20.2 Å². The van der Waals surface area contributed by atoms with Crippen LogP contribution in [0.1, 0.15) is 62.7 Å². The van der Waals surface area contributed by atoms with Gasteiger partial charge in [-0.2, -0.15) is 4.98 Å². The van der Waals surface area contributed by atoms with E-state index in [1.165, 1.54) is 12.8 Å². The Balaban J connectivity index is 1.33. The van der Waals surface area contributed by atoms with Gasteiger partial charge in [-0.25, -0.2) is 4.98 Å². The van der Waals surface area contributed by atoms with Crippen LogP contribution in [0.2, 0.25) is 0 Å². The second-order valence-corrected chi connectivity index (χ2v) is 10.7. The molecule has 9 heteroatoms. The van der Waals surface area contributed by atoms with E-state index in [0.717, 1.165) is 62.5 Å². The number of anilines is 4. The minimum atomic E-state index is -0.111. The van der Waals surface area contributed by atoms with Gasteiger partial charge in [-0.1, -0.05) is 32.8 Å². The lowest BCUT2D eigenvalue weighted by molar-refractivity contribution is -0.121. The summed E-state index contributed by atoms with van der Waals surface area (Å²) in [7, 11) is 1.81. The number of rotatable bonds is 6. The maximum absolute atomic E-state index is 13.0. The molecular weight excluding hydrogens is 466 g/mol. The van der Waals surface area contributed by atoms with E-state index in [0.29, 0.717) is 24.1 Å². The fourth-order valence-corrected chi connectivity index (χ4v) is 5.85. The molecule has 37 heavy (non-hydrogen) atoms. The topological polar surface area (TPSA) is 93.7 Å². The normalized spacial score (nSPS) is 21.6. The van der Waals surface area contributed by atoms with Crippen molar-refractivity contribution < 1.29 is 9.59 Å². The Morgan fingerprint density at radius 3 is 2.62 bits per heavy atom. The summed E-state index contributed by atoms with van der Waals surface area (Å²) < 4.78 is 0. The lowest BCUT2D eigenvalue weighted by atomic mass is 10.0. The van der Waals surface area contributed by atoms with Crippen molar-refractivity contribution in [3.05, 3.63) is 36.0 Å². The molecule has 1 aromatic heterocycles. The van der Waals surface area contributed by atoms with Gasteiger partial charge in [0.25, 0.3) is 5.91 Å². The van der Waals surface area contributed by atoms with Gasteiger partial charge in [0.15, 0.2) is 5.82 Å². The maximum atomic E-state index is 13.0. The summed E-state index contributed by atoms with van der Waals surface area (Å²) in [6.07, 6.45) is 8.34. The molecule has 0 spiro atoms. The molecule has 1 aliphatic carbocycles. The van der Waals surface area contributed by atoms with Gasteiger partial charge in [0.05, 0.1) is 12.1 Å². The van der Waals surface area contributed by atoms with Gasteiger partial charge >= 0.3 is 0 Å². The molecule has 2 fully saturated rings. The lowest BCUT2D eigenvalue weighted by Crippen LogP contribution is -2.44. The van der Waals surface area contributed by atoms with Gasteiger partial charge in [0.2, 0.25) is 11.9 Å². The summed E-state index contributed by atoms with van der Waals surface area (Å²) in [5, 5.41) is 6.50. The number of likely N-dealkylation sites (tertiary alicyclic amines) is 1. The summed E-state index contributed by atoms with van der Waals surface area (Å²) in [5.41, 5.74) is 2.12. The van der Waals surface area contributed by atoms with E-state index < -0.39 is 0 Å². The molecule has 3 heterocycles. The number of carbonyl (C=O) groups is 2. The molecule has 1 unspecified atom stereocenters. The first-order chi connectivity index (χ1) is 17.9. The van der Waals surface area contributed by atoms with Crippen LogP contribution in [-0.4, -0.2) is 72.0 Å². The average Bonchev–Trinajstić information content (AvgIpc) is 3.43. The van der Waals surface area contributed by atoms with Crippen molar-refractivity contribution in [2.24, 2.45) is 5.92 Å². The van der Waals surface area contributed by atoms with Gasteiger partial charge in [0.1, 0.15) is 5.69 Å². The zero-order valence-electron chi connectivity index (χ0n) is 22.2. The summed E-state index contributed by atoms with van der Waals surface area (Å²) in [5.74, 6) is 1.19. The lowest BCUT2D eigenvalue weighted by Gasteiger charge is -2.31. The number of carbonyl (C=O) groups excluding carboxylic acids is 2. The third-order valence-electron chi connectivity index (χ3n) is 8.12. The molecule has 1 saturated carbocycles. The number of nitrogens with one attached hydrogen (secondary N) is 2. The van der Waals surface area contributed by atoms with E-state index in [9.17, 15) is 9.59 Å². The number of amides is 2. The summed E-state index contributed by atoms with van der Waals surface area (Å²) in [6, 6.07) is 8.07. The highest BCUT2D eigenvalue weighted by atomic mass is 16.2. The molecule has 5 rings (SSSR count). The van der Waals surface area contributed by atoms with E-state index in [1.54, 1.807) is 18.1 Å². The summed E-state index contributed by atoms with van der Waals surface area (Å²) in [4.78, 5) is 41.7. The van der Waals surface area contributed by atoms with Gasteiger partial charge < -0.3 is 25.3 Å². The summed E-state index contributed by atoms with van der Waals surface area (Å²) >= 11 is 0. The molecule has 1 atom stereocenters. The zero-order chi connectivity index (χ0) is 25.9. The fraction of sp³-hybridized carbons (Fsp3) is 0.571. The Bertz CT molecular complexity index is 1130. The van der Waals surface area contributed by atoms with E-state index in [1.807, 2.05) is 31.2 Å². The van der Waals surface area contributed by atoms with Crippen LogP contribution in [0, 0.1) is 5.92 Å². The van der Waals surface area contributed by atoms with Gasteiger partial charge in [-0.3, -0.25) is 9.59 Å². The molecule has 0 bridgehead atoms. The van der Waals surface area contributed by atoms with Crippen LogP contribution in [0.25, 0.3) is 0 Å². The van der Waals surface area contributed by atoms with Crippen molar-refractivity contribution in [3.63, 3.8) is 0 Å². The van der Waals surface area contributed by atoms with Gasteiger partial charge in [-0.05, 0) is 50.4 Å². The molecule has 2 aromatic rings. The number of benzene rings is 1. The van der Waals surface area contributed by atoms with Crippen molar-refractivity contribution in [2.75, 3.05) is 48.3 Å². The molecule has 0 radical (unpaired) electrons. The highest BCUT2D eigenvalue weighted by Gasteiger charge is 2.35. The number of aromatic nitrogens is 2. The first kappa shape index (κ1) is 25.4. The fourth-order valence-electron chi connectivity index (χ4n) is 5.85. The first-order valence-corrected chi connectivity index (χ1v) is 13.7. The Morgan fingerprint density at radius 2 is 1.89 bits per heavy atom. The smallest absolute Gasteiger partial charge is 0.251 e. The van der Waals surface area contributed by atoms with E-state index in [2.05, 4.69) is 32.3 Å². The molecular formula is C28H39N7O2. The number of fused-ring (bicyclic) bond motifs is 1. The molecule has 9 nitrogen and oxygen atoms in total. The van der Waals surface area contributed by atoms with Crippen LogP contribution in [0.15, 0.2) is 30.5 Å². The minimum Gasteiger partial charge on any atom is -0.351 e. The quantitative estimate of drug-likeness (QED) is 0.617. The van der Waals surface area contributed by atoms with Crippen molar-refractivity contribution in [3.8, 4) is 0 Å². The predicted molar refractivity (Wildman–Crippen MR) is 147 cm³/mol. The Labute approximate surface area is 219 Å². The Morgan fingerprint density at radius 1 is 1.14 bits per heavy atom. The maximum Gasteiger partial charge on any atom is 0.251 e. The van der Waals surface area contributed by atoms with Gasteiger partial charge in [0, 0.05) is 50.0 Å². The largest absolute Gasteiger partial charge is 0.351 e. The van der Waals surface area contributed by atoms with Crippen molar-refractivity contribution in [2.45, 2.75) is 64.5 Å². The standard InChI is InChI=1S/C28H39N7O2/c1-4-34-14-12-21(13-15-34)30-26(36)20-8-7-9-22(16-20)31-28-29-17-24-25(32-28)35(23-10-5-6-11-23)18-19(2)27(37)33(24)3/h7-9,16-17,19,21,23H,4-6,10-15,18H2,1-3H3,(H,30,36)(H,29,31,32). The van der Waals surface area contributed by atoms with E-state index in [-0.39, 0.29) is 23.8 Å². The van der Waals surface area contributed by atoms with Crippen LogP contribution < -0.4 is 20.4 Å². The average molecular weight is 506 g/mol. The zero-order valence-corrected chi connectivity index (χ0v) is 22.2. The molecule has 3 aliphatic rings. The molecule has 1 aromatic carbocycles. The third-order valence-corrected chi connectivity index (χ3v) is 8.12. The SMILES string of the molecule is CCN1CCC(NC(=O)c2cccc(Nc3ncc4c(n3)N(C3CCCC3)CC(C)C(=O)N4C)c2)CC1. The Kier molecular flexibility index (Phi) is 7.60. The van der Waals surface area contributed by atoms with Gasteiger partial charge in [-0.15, -0.1) is 0 Å². The molecule has 198 valence electrons. The number of nitrogens with zero attached hydrogens (tertiary/aromatic N) is 5. The molecule has 2 N–H and O–H groups in total. The van der Waals surface area contributed by atoms with Crippen molar-refractivity contribution in [1.29, 1.82) is 0 Å². The van der Waals surface area contributed by atoms with Crippen LogP contribution in [0.4, 0.5) is 23.1 Å². The highest BCUT2D eigenvalue weighted by Crippen LogP contribution is 2.37. The molecule has 1 saturated heterocycles. The monoisotopic (exact) mass is 505 g/mol. The predicted octanol–water partition coefficient (Wildman–Crippen LogP) is 3.80. The number of hydrogen-bond donors (Lipinski definition) is 2. The highest BCUT2D eigenvalue weighted by molar-refractivity contribution is 5.99. The Hall–Kier alpha value is -3.20. The second-order valence-electron chi connectivity index (χ2n) is 10.7. The van der Waals surface area contributed by atoms with Crippen LogP contribution in [-0.2, 0) is 4.79 Å². The van der Waals surface area contributed by atoms with E-state index >= 15 is 0 Å². The van der Waals surface area contributed by atoms with Crippen LogP contribution in [0.5, 0.6) is 0 Å². The number of hydrogen-bond acceptors (Lipinski definition) is 7. The van der Waals surface area contributed by atoms with E-state index in [4.69, 9.17) is 4.98 Å². The minimum absolute atomic E-state index is 0.0528. The van der Waals surface area contributed by atoms with Crippen molar-refractivity contribution >= 4 is 35.0 Å². The molecule has 2 aliphatic heterocycles. The second kappa shape index (κ2) is 11.0. The molecule has 2 amide bonds. The third kappa shape index (κ3) is 5.56. The van der Waals surface area contributed by atoms with Crippen LogP contribution in [0.3, 0.4) is 0 Å². The number of piperidine rings is 1. The first-order valence-electron chi connectivity index (χ1n) is 13.7. The van der Waals surface area contributed by atoms with Crippen LogP contribution >= 0.6 is 0 Å². The summed E-state index contributed by atoms with van der Waals surface area (Å²) in [6.45, 7) is 7.93.